The van der Waals surface area contributed by atoms with Crippen LogP contribution >= 0.6 is 23.2 Å². The Labute approximate surface area is 216 Å². The second-order valence-corrected chi connectivity index (χ2v) is 9.84. The molecule has 5 nitrogen and oxygen atoms in total. The number of nitrogens with one attached hydrogen (secondary N) is 1. The summed E-state index contributed by atoms with van der Waals surface area (Å²) < 4.78 is 97.9. The zero-order valence-electron chi connectivity index (χ0n) is 19.1. The molecule has 1 aromatic heterocycles. The molecule has 37 heavy (non-hydrogen) atoms. The van der Waals surface area contributed by atoms with Crippen LogP contribution in [-0.4, -0.2) is 35.1 Å². The number of amides is 1. The van der Waals surface area contributed by atoms with Crippen LogP contribution in [0, 0.1) is 5.92 Å². The highest BCUT2D eigenvalue weighted by atomic mass is 35.5. The van der Waals surface area contributed by atoms with E-state index in [0.717, 1.165) is 6.20 Å². The summed E-state index contributed by atoms with van der Waals surface area (Å²) in [6.07, 6.45) is -8.67. The lowest BCUT2D eigenvalue weighted by Crippen LogP contribution is -2.60. The van der Waals surface area contributed by atoms with E-state index in [1.54, 1.807) is 13.8 Å². The molecule has 2 aromatic rings. The topological polar surface area (TPSA) is 54.5 Å². The molecule has 4 rings (SSSR count). The largest absolute Gasteiger partial charge is 0.428 e. The summed E-state index contributed by atoms with van der Waals surface area (Å²) in [6.45, 7) is 2.94. The van der Waals surface area contributed by atoms with Crippen LogP contribution in [0.15, 0.2) is 36.5 Å². The van der Waals surface area contributed by atoms with E-state index in [-0.39, 0.29) is 47.9 Å². The van der Waals surface area contributed by atoms with E-state index in [2.05, 4.69) is 10.5 Å². The number of halogens is 9. The van der Waals surface area contributed by atoms with Crippen LogP contribution in [0.25, 0.3) is 5.70 Å². The average molecular weight is 572 g/mol. The predicted molar refractivity (Wildman–Crippen MR) is 120 cm³/mol. The highest BCUT2D eigenvalue weighted by Crippen LogP contribution is 2.50. The molecule has 1 N–H and O–H groups in total. The van der Waals surface area contributed by atoms with E-state index < -0.39 is 44.8 Å². The van der Waals surface area contributed by atoms with E-state index in [0.29, 0.717) is 12.1 Å². The third-order valence-corrected chi connectivity index (χ3v) is 6.88. The second-order valence-electron chi connectivity index (χ2n) is 9.06. The van der Waals surface area contributed by atoms with Gasteiger partial charge < -0.3 is 4.90 Å². The third-order valence-electron chi connectivity index (χ3n) is 6.08. The first-order valence-corrected chi connectivity index (χ1v) is 11.5. The number of aromatic nitrogens is 1. The Morgan fingerprint density at radius 3 is 2.30 bits per heavy atom. The molecule has 200 valence electrons. The molecule has 1 atom stereocenters. The van der Waals surface area contributed by atoms with Gasteiger partial charge >= 0.3 is 12.4 Å². The average Bonchev–Trinajstić information content (AvgIpc) is 3.24. The van der Waals surface area contributed by atoms with Gasteiger partial charge in [-0.1, -0.05) is 37.0 Å². The lowest BCUT2D eigenvalue weighted by Gasteiger charge is -2.44. The van der Waals surface area contributed by atoms with Gasteiger partial charge in [0.15, 0.2) is 5.67 Å². The van der Waals surface area contributed by atoms with E-state index in [4.69, 9.17) is 28.0 Å². The van der Waals surface area contributed by atoms with Crippen molar-refractivity contribution in [2.24, 2.45) is 5.92 Å². The highest BCUT2D eigenvalue weighted by molar-refractivity contribution is 6.42. The number of carbonyl (C=O) groups excluding carboxylic acids is 1. The summed E-state index contributed by atoms with van der Waals surface area (Å²) in [7, 11) is 0. The van der Waals surface area contributed by atoms with E-state index in [9.17, 15) is 31.1 Å². The van der Waals surface area contributed by atoms with Gasteiger partial charge in [-0.15, -0.1) is 0 Å². The first-order chi connectivity index (χ1) is 17.0. The molecule has 1 amide bonds. The number of alkyl halides is 7. The molecular formula is C23H18Cl2F7N3O2. The van der Waals surface area contributed by atoms with Crippen molar-refractivity contribution in [2.75, 3.05) is 13.1 Å². The van der Waals surface area contributed by atoms with E-state index in [1.165, 1.54) is 17.0 Å². The number of hydroxylamine groups is 1. The number of rotatable bonds is 4. The molecule has 3 heterocycles. The Morgan fingerprint density at radius 1 is 1.14 bits per heavy atom. The summed E-state index contributed by atoms with van der Waals surface area (Å²) >= 11 is 11.3. The lowest BCUT2D eigenvalue weighted by molar-refractivity contribution is -0.269. The quantitative estimate of drug-likeness (QED) is 0.431. The maximum Gasteiger partial charge on any atom is 0.428 e. The van der Waals surface area contributed by atoms with E-state index in [1.807, 2.05) is 0 Å². The van der Waals surface area contributed by atoms with Gasteiger partial charge in [-0.3, -0.25) is 20.1 Å². The Morgan fingerprint density at radius 2 is 1.78 bits per heavy atom. The van der Waals surface area contributed by atoms with Crippen molar-refractivity contribution in [2.45, 2.75) is 37.5 Å². The molecule has 1 saturated heterocycles. The number of nitrogens with zero attached hydrogens (tertiary/aromatic N) is 2. The maximum absolute atomic E-state index is 15.2. The monoisotopic (exact) mass is 571 g/mol. The summed E-state index contributed by atoms with van der Waals surface area (Å²) in [5.74, 6) is -0.529. The molecule has 1 fully saturated rings. The van der Waals surface area contributed by atoms with Crippen molar-refractivity contribution < 1.29 is 40.4 Å². The number of pyridine rings is 1. The summed E-state index contributed by atoms with van der Waals surface area (Å²) in [4.78, 5) is 22.1. The fraction of sp³-hybridized carbons (Fsp3) is 0.391. The smallest absolute Gasteiger partial charge is 0.335 e. The van der Waals surface area contributed by atoms with Gasteiger partial charge in [0.2, 0.25) is 11.5 Å². The molecule has 0 radical (unpaired) electrons. The number of benzene rings is 1. The number of hydrogen-bond acceptors (Lipinski definition) is 4. The zero-order valence-corrected chi connectivity index (χ0v) is 20.6. The van der Waals surface area contributed by atoms with Crippen LogP contribution in [0.1, 0.15) is 36.2 Å². The standard InChI is InChI=1S/C23H18Cl2F7N3O2/c1-11(2)19(36)35-9-20(26,10-35)17-4-3-12(8-33-17)16-7-21(37-34-16,23(30,31)32)13-5-14(22(27,28)29)18(25)15(24)6-13/h3-8,11,34H,9-10H2,1-2H3. The van der Waals surface area contributed by atoms with Crippen molar-refractivity contribution in [1.29, 1.82) is 0 Å². The summed E-state index contributed by atoms with van der Waals surface area (Å²) in [5, 5.41) is -1.69. The maximum atomic E-state index is 15.2. The van der Waals surface area contributed by atoms with Gasteiger partial charge in [-0.05, 0) is 30.3 Å². The summed E-state index contributed by atoms with van der Waals surface area (Å²) in [6, 6.07) is 3.39. The minimum atomic E-state index is -5.23. The van der Waals surface area contributed by atoms with Crippen LogP contribution in [0.3, 0.4) is 0 Å². The predicted octanol–water partition coefficient (Wildman–Crippen LogP) is 6.40. The Bertz CT molecular complexity index is 1260. The lowest BCUT2D eigenvalue weighted by atomic mass is 9.89. The second kappa shape index (κ2) is 9.02. The SMILES string of the molecule is CC(C)C(=O)N1CC(F)(c2ccc(C3=CC(c4cc(Cl)c(Cl)c(C(F)(F)F)c4)(C(F)(F)F)ON3)cn2)C1. The first kappa shape index (κ1) is 27.5. The molecule has 1 aromatic carbocycles. The Kier molecular flexibility index (Phi) is 6.70. The molecule has 2 aliphatic rings. The van der Waals surface area contributed by atoms with Crippen LogP contribution < -0.4 is 5.48 Å². The van der Waals surface area contributed by atoms with Crippen molar-refractivity contribution in [3.63, 3.8) is 0 Å². The molecule has 14 heteroatoms. The molecule has 0 saturated carbocycles. The molecule has 1 unspecified atom stereocenters. The fourth-order valence-electron chi connectivity index (χ4n) is 4.06. The van der Waals surface area contributed by atoms with Crippen LogP contribution in [0.2, 0.25) is 10.0 Å². The minimum Gasteiger partial charge on any atom is -0.335 e. The molecule has 0 bridgehead atoms. The summed E-state index contributed by atoms with van der Waals surface area (Å²) in [5.41, 5.74) is -5.95. The Hall–Kier alpha value is -2.57. The third kappa shape index (κ3) is 4.74. The van der Waals surface area contributed by atoms with Gasteiger partial charge in [-0.25, -0.2) is 4.39 Å². The minimum absolute atomic E-state index is 0.0232. The molecular weight excluding hydrogens is 554 g/mol. The highest BCUT2D eigenvalue weighted by Gasteiger charge is 2.60. The molecule has 0 aliphatic carbocycles. The van der Waals surface area contributed by atoms with Crippen molar-refractivity contribution >= 4 is 34.8 Å². The zero-order chi connectivity index (χ0) is 27.6. The van der Waals surface area contributed by atoms with Crippen molar-refractivity contribution in [1.82, 2.24) is 15.4 Å². The van der Waals surface area contributed by atoms with Gasteiger partial charge in [0, 0.05) is 23.2 Å². The van der Waals surface area contributed by atoms with Gasteiger partial charge in [0.25, 0.3) is 0 Å². The van der Waals surface area contributed by atoms with Crippen LogP contribution in [-0.2, 0) is 27.1 Å². The fourth-order valence-corrected chi connectivity index (χ4v) is 4.49. The van der Waals surface area contributed by atoms with E-state index >= 15 is 4.39 Å². The van der Waals surface area contributed by atoms with Gasteiger partial charge in [0.1, 0.15) is 0 Å². The first-order valence-electron chi connectivity index (χ1n) is 10.7. The number of hydrogen-bond donors (Lipinski definition) is 1. The van der Waals surface area contributed by atoms with Crippen LogP contribution in [0.4, 0.5) is 30.7 Å². The van der Waals surface area contributed by atoms with Crippen molar-refractivity contribution in [3.05, 3.63) is 69.0 Å². The van der Waals surface area contributed by atoms with Crippen LogP contribution in [0.5, 0.6) is 0 Å². The van der Waals surface area contributed by atoms with Gasteiger partial charge in [-0.2, -0.15) is 26.3 Å². The normalized spacial score (nSPS) is 21.5. The molecule has 0 spiro atoms. The van der Waals surface area contributed by atoms with Gasteiger partial charge in [0.05, 0.1) is 40.1 Å². The number of likely N-dealkylation sites (tertiary alicyclic amines) is 1. The van der Waals surface area contributed by atoms with Crippen molar-refractivity contribution in [3.8, 4) is 0 Å². The number of carbonyl (C=O) groups is 1. The Balaban J connectivity index is 1.67. The molecule has 2 aliphatic heterocycles.